The first-order valence-electron chi connectivity index (χ1n) is 5.15. The van der Waals surface area contributed by atoms with Gasteiger partial charge in [0, 0.05) is 6.04 Å². The number of aromatic nitrogens is 2. The molecule has 0 saturated heterocycles. The third kappa shape index (κ3) is 1.52. The molecule has 0 aliphatic carbocycles. The Hall–Kier alpha value is -1.38. The molecule has 1 heterocycles. The number of rotatable bonds is 1. The van der Waals surface area contributed by atoms with Crippen LogP contribution in [0.3, 0.4) is 0 Å². The largest absolute Gasteiger partial charge is 0.326 e. The van der Waals surface area contributed by atoms with Crippen molar-refractivity contribution in [3.05, 3.63) is 29.3 Å². The molecule has 0 unspecified atom stereocenters. The van der Waals surface area contributed by atoms with Crippen LogP contribution in [0.4, 0.5) is 4.39 Å². The quantitative estimate of drug-likeness (QED) is 0.699. The van der Waals surface area contributed by atoms with Gasteiger partial charge in [0.25, 0.3) is 0 Å². The average Bonchev–Trinajstić information content (AvgIpc) is 2.41. The molecule has 0 aliphatic heterocycles. The molecule has 0 saturated carbocycles. The summed E-state index contributed by atoms with van der Waals surface area (Å²) in [5, 5.41) is 0. The summed E-state index contributed by atoms with van der Waals surface area (Å²) in [4.78, 5) is 4.26. The molecule has 1 aromatic carbocycles. The number of aryl methyl sites for hydroxylation is 2. The van der Waals surface area contributed by atoms with Crippen LogP contribution in [-0.4, -0.2) is 9.55 Å². The number of benzene rings is 1. The van der Waals surface area contributed by atoms with Gasteiger partial charge in [-0.2, -0.15) is 0 Å². The smallest absolute Gasteiger partial charge is 0.151 e. The van der Waals surface area contributed by atoms with Crippen LogP contribution in [-0.2, 0) is 0 Å². The van der Waals surface area contributed by atoms with E-state index in [2.05, 4.69) is 23.4 Å². The maximum atomic E-state index is 13.6. The van der Waals surface area contributed by atoms with E-state index in [0.717, 1.165) is 16.9 Å². The summed E-state index contributed by atoms with van der Waals surface area (Å²) in [6, 6.07) is 3.81. The molecule has 80 valence electrons. The van der Waals surface area contributed by atoms with Crippen LogP contribution >= 0.6 is 0 Å². The summed E-state index contributed by atoms with van der Waals surface area (Å²) in [5.41, 5.74) is 2.30. The van der Waals surface area contributed by atoms with E-state index >= 15 is 0 Å². The highest BCUT2D eigenvalue weighted by molar-refractivity contribution is 5.77. The molecule has 15 heavy (non-hydrogen) atoms. The van der Waals surface area contributed by atoms with Gasteiger partial charge in [-0.15, -0.1) is 0 Å². The first-order chi connectivity index (χ1) is 7.00. The average molecular weight is 206 g/mol. The number of imidazole rings is 1. The molecule has 2 aromatic rings. The van der Waals surface area contributed by atoms with Gasteiger partial charge in [0.15, 0.2) is 5.82 Å². The van der Waals surface area contributed by atoms with E-state index in [0.29, 0.717) is 11.6 Å². The second kappa shape index (κ2) is 3.33. The molecule has 0 radical (unpaired) electrons. The van der Waals surface area contributed by atoms with Crippen LogP contribution in [0.2, 0.25) is 0 Å². The predicted octanol–water partition coefficient (Wildman–Crippen LogP) is 3.37. The van der Waals surface area contributed by atoms with Crippen molar-refractivity contribution in [3.8, 4) is 0 Å². The maximum absolute atomic E-state index is 13.6. The molecule has 0 atom stereocenters. The van der Waals surface area contributed by atoms with Crippen molar-refractivity contribution < 1.29 is 4.39 Å². The molecule has 0 bridgehead atoms. The van der Waals surface area contributed by atoms with E-state index < -0.39 is 0 Å². The standard InChI is InChI=1S/C12H15FN2/c1-7(2)15-9(4)14-12-10(13)5-8(3)6-11(12)15/h5-7H,1-4H3. The third-order valence-corrected chi connectivity index (χ3v) is 2.59. The van der Waals surface area contributed by atoms with Gasteiger partial charge in [0.1, 0.15) is 11.3 Å². The van der Waals surface area contributed by atoms with Gasteiger partial charge in [-0.1, -0.05) is 0 Å². The molecule has 2 rings (SSSR count). The van der Waals surface area contributed by atoms with Crippen molar-refractivity contribution in [3.63, 3.8) is 0 Å². The van der Waals surface area contributed by atoms with Crippen molar-refractivity contribution in [1.29, 1.82) is 0 Å². The zero-order chi connectivity index (χ0) is 11.2. The van der Waals surface area contributed by atoms with Crippen LogP contribution in [0, 0.1) is 19.7 Å². The van der Waals surface area contributed by atoms with Crippen molar-refractivity contribution in [2.45, 2.75) is 33.7 Å². The number of hydrogen-bond acceptors (Lipinski definition) is 1. The lowest BCUT2D eigenvalue weighted by Crippen LogP contribution is -2.02. The number of nitrogens with zero attached hydrogens (tertiary/aromatic N) is 2. The second-order valence-corrected chi connectivity index (χ2v) is 4.24. The normalized spacial score (nSPS) is 11.6. The van der Waals surface area contributed by atoms with Crippen molar-refractivity contribution in [2.75, 3.05) is 0 Å². The highest BCUT2D eigenvalue weighted by atomic mass is 19.1. The van der Waals surface area contributed by atoms with E-state index in [1.807, 2.05) is 19.9 Å². The highest BCUT2D eigenvalue weighted by Gasteiger charge is 2.13. The Balaban J connectivity index is 2.86. The summed E-state index contributed by atoms with van der Waals surface area (Å²) in [6.45, 7) is 7.97. The summed E-state index contributed by atoms with van der Waals surface area (Å²) in [5.74, 6) is 0.636. The molecule has 1 aromatic heterocycles. The monoisotopic (exact) mass is 206 g/mol. The van der Waals surface area contributed by atoms with Gasteiger partial charge in [-0.25, -0.2) is 9.37 Å². The van der Waals surface area contributed by atoms with Gasteiger partial charge in [0.05, 0.1) is 5.52 Å². The van der Waals surface area contributed by atoms with Crippen LogP contribution in [0.25, 0.3) is 11.0 Å². The summed E-state index contributed by atoms with van der Waals surface area (Å²) in [6.07, 6.45) is 0. The molecule has 0 fully saturated rings. The van der Waals surface area contributed by atoms with Crippen LogP contribution in [0.15, 0.2) is 12.1 Å². The van der Waals surface area contributed by atoms with Gasteiger partial charge >= 0.3 is 0 Å². The first kappa shape index (κ1) is 10.1. The number of fused-ring (bicyclic) bond motifs is 1. The zero-order valence-electron chi connectivity index (χ0n) is 9.50. The van der Waals surface area contributed by atoms with Crippen molar-refractivity contribution in [2.24, 2.45) is 0 Å². The molecule has 3 heteroatoms. The number of halogens is 1. The lowest BCUT2D eigenvalue weighted by Gasteiger charge is -2.10. The first-order valence-corrected chi connectivity index (χ1v) is 5.15. The molecule has 0 N–H and O–H groups in total. The van der Waals surface area contributed by atoms with Crippen molar-refractivity contribution >= 4 is 11.0 Å². The fourth-order valence-corrected chi connectivity index (χ4v) is 2.05. The Kier molecular flexibility index (Phi) is 2.25. The van der Waals surface area contributed by atoms with Crippen LogP contribution < -0.4 is 0 Å². The Morgan fingerprint density at radius 3 is 2.53 bits per heavy atom. The van der Waals surface area contributed by atoms with Crippen LogP contribution in [0.1, 0.15) is 31.3 Å². The van der Waals surface area contributed by atoms with E-state index in [4.69, 9.17) is 0 Å². The molecular weight excluding hydrogens is 191 g/mol. The van der Waals surface area contributed by atoms with Gasteiger partial charge < -0.3 is 4.57 Å². The van der Waals surface area contributed by atoms with Crippen molar-refractivity contribution in [1.82, 2.24) is 9.55 Å². The van der Waals surface area contributed by atoms with E-state index in [1.165, 1.54) is 6.07 Å². The zero-order valence-corrected chi connectivity index (χ0v) is 9.50. The Labute approximate surface area is 88.7 Å². The summed E-state index contributed by atoms with van der Waals surface area (Å²) < 4.78 is 15.7. The van der Waals surface area contributed by atoms with E-state index in [9.17, 15) is 4.39 Å². The van der Waals surface area contributed by atoms with Gasteiger partial charge in [-0.3, -0.25) is 0 Å². The van der Waals surface area contributed by atoms with E-state index in [1.54, 1.807) is 0 Å². The summed E-state index contributed by atoms with van der Waals surface area (Å²) >= 11 is 0. The number of hydrogen-bond donors (Lipinski definition) is 0. The Morgan fingerprint density at radius 1 is 1.27 bits per heavy atom. The minimum Gasteiger partial charge on any atom is -0.326 e. The van der Waals surface area contributed by atoms with Crippen LogP contribution in [0.5, 0.6) is 0 Å². The molecule has 0 spiro atoms. The minimum absolute atomic E-state index is 0.229. The SMILES string of the molecule is Cc1cc(F)c2nc(C)n(C(C)C)c2c1. The van der Waals surface area contributed by atoms with Gasteiger partial charge in [0.2, 0.25) is 0 Å². The highest BCUT2D eigenvalue weighted by Crippen LogP contribution is 2.24. The fourth-order valence-electron chi connectivity index (χ4n) is 2.05. The molecular formula is C12H15FN2. The van der Waals surface area contributed by atoms with E-state index in [-0.39, 0.29) is 5.82 Å². The Morgan fingerprint density at radius 2 is 1.93 bits per heavy atom. The minimum atomic E-state index is -0.229. The van der Waals surface area contributed by atoms with Gasteiger partial charge in [-0.05, 0) is 45.4 Å². The molecule has 2 nitrogen and oxygen atoms in total. The second-order valence-electron chi connectivity index (χ2n) is 4.24. The fraction of sp³-hybridized carbons (Fsp3) is 0.417. The molecule has 0 amide bonds. The third-order valence-electron chi connectivity index (χ3n) is 2.59. The lowest BCUT2D eigenvalue weighted by atomic mass is 10.2. The molecule has 0 aliphatic rings. The maximum Gasteiger partial charge on any atom is 0.151 e. The lowest BCUT2D eigenvalue weighted by molar-refractivity contribution is 0.599. The topological polar surface area (TPSA) is 17.8 Å². The summed E-state index contributed by atoms with van der Waals surface area (Å²) in [7, 11) is 0. The Bertz CT molecular complexity index is 512. The predicted molar refractivity (Wildman–Crippen MR) is 59.6 cm³/mol.